The average molecular weight is 297 g/mol. The Bertz CT molecular complexity index is 768. The molecule has 0 unspecified atom stereocenters. The van der Waals surface area contributed by atoms with Crippen LogP contribution in [0.4, 0.5) is 0 Å². The Morgan fingerprint density at radius 2 is 1.77 bits per heavy atom. The Morgan fingerprint density at radius 1 is 1.14 bits per heavy atom. The van der Waals surface area contributed by atoms with Crippen molar-refractivity contribution in [3.05, 3.63) is 64.0 Å². The minimum atomic E-state index is -1.07. The van der Waals surface area contributed by atoms with Crippen molar-refractivity contribution in [3.8, 4) is 11.3 Å². The summed E-state index contributed by atoms with van der Waals surface area (Å²) >= 11 is 0. The van der Waals surface area contributed by atoms with Gasteiger partial charge in [0.1, 0.15) is 0 Å². The van der Waals surface area contributed by atoms with Gasteiger partial charge in [-0.2, -0.15) is 0 Å². The van der Waals surface area contributed by atoms with E-state index in [-0.39, 0.29) is 11.6 Å². The molecular weight excluding hydrogens is 278 g/mol. The van der Waals surface area contributed by atoms with Crippen LogP contribution >= 0.6 is 0 Å². The second kappa shape index (κ2) is 6.43. The summed E-state index contributed by atoms with van der Waals surface area (Å²) < 4.78 is 1.69. The fourth-order valence-corrected chi connectivity index (χ4v) is 2.33. The van der Waals surface area contributed by atoms with E-state index in [2.05, 4.69) is 0 Å². The van der Waals surface area contributed by atoms with Gasteiger partial charge in [-0.1, -0.05) is 29.8 Å². The third kappa shape index (κ3) is 3.34. The van der Waals surface area contributed by atoms with E-state index in [1.54, 1.807) is 10.6 Å². The van der Waals surface area contributed by atoms with Crippen LogP contribution in [0.1, 0.15) is 31.0 Å². The number of aromatic nitrogens is 1. The van der Waals surface area contributed by atoms with Crippen molar-refractivity contribution in [1.29, 1.82) is 0 Å². The fraction of sp³-hybridized carbons (Fsp3) is 0.222. The summed E-state index contributed by atoms with van der Waals surface area (Å²) in [5.74, 6) is -1.07. The quantitative estimate of drug-likeness (QED) is 0.879. The molecule has 0 atom stereocenters. The number of carboxylic acid groups (broad SMARTS) is 1. The Labute approximate surface area is 129 Å². The number of pyridine rings is 1. The van der Waals surface area contributed by atoms with Crippen LogP contribution in [0.5, 0.6) is 0 Å². The summed E-state index contributed by atoms with van der Waals surface area (Å²) in [5.41, 5.74) is 3.12. The molecule has 1 aromatic heterocycles. The first kappa shape index (κ1) is 15.8. The highest BCUT2D eigenvalue weighted by Crippen LogP contribution is 2.22. The van der Waals surface area contributed by atoms with E-state index in [1.165, 1.54) is 6.08 Å². The Hall–Kier alpha value is -2.62. The molecule has 1 heterocycles. The van der Waals surface area contributed by atoms with Crippen molar-refractivity contribution < 1.29 is 9.90 Å². The third-order valence-corrected chi connectivity index (χ3v) is 3.42. The molecule has 22 heavy (non-hydrogen) atoms. The van der Waals surface area contributed by atoms with Crippen LogP contribution in [0.3, 0.4) is 0 Å². The first-order valence-corrected chi connectivity index (χ1v) is 7.13. The zero-order chi connectivity index (χ0) is 16.3. The maximum Gasteiger partial charge on any atom is 0.328 e. The summed E-state index contributed by atoms with van der Waals surface area (Å²) in [6.07, 6.45) is 2.31. The number of aliphatic carboxylic acids is 1. The van der Waals surface area contributed by atoms with E-state index in [0.29, 0.717) is 5.56 Å². The molecule has 0 amide bonds. The second-order valence-corrected chi connectivity index (χ2v) is 5.48. The molecule has 0 saturated heterocycles. The molecule has 1 N–H and O–H groups in total. The highest BCUT2D eigenvalue weighted by molar-refractivity contribution is 5.85. The van der Waals surface area contributed by atoms with Crippen molar-refractivity contribution in [2.24, 2.45) is 0 Å². The van der Waals surface area contributed by atoms with Gasteiger partial charge in [0.15, 0.2) is 0 Å². The van der Waals surface area contributed by atoms with Gasteiger partial charge in [-0.15, -0.1) is 0 Å². The first-order chi connectivity index (χ1) is 10.4. The molecule has 0 bridgehead atoms. The molecule has 0 spiro atoms. The molecule has 0 aliphatic heterocycles. The molecule has 4 heteroatoms. The number of carbonyl (C=O) groups is 1. The van der Waals surface area contributed by atoms with Gasteiger partial charge in [-0.05, 0) is 44.5 Å². The van der Waals surface area contributed by atoms with E-state index < -0.39 is 5.97 Å². The lowest BCUT2D eigenvalue weighted by Gasteiger charge is -2.17. The van der Waals surface area contributed by atoms with Gasteiger partial charge in [0.2, 0.25) is 0 Å². The van der Waals surface area contributed by atoms with Crippen molar-refractivity contribution in [1.82, 2.24) is 4.57 Å². The van der Waals surface area contributed by atoms with Crippen molar-refractivity contribution >= 4 is 12.0 Å². The van der Waals surface area contributed by atoms with Crippen LogP contribution in [0.2, 0.25) is 0 Å². The summed E-state index contributed by atoms with van der Waals surface area (Å²) in [7, 11) is 0. The topological polar surface area (TPSA) is 59.3 Å². The number of rotatable bonds is 4. The SMILES string of the molecule is Cc1ccc(-c2ccc(/C=C/C(=O)O)c(=O)n2C(C)C)cc1. The normalized spacial score (nSPS) is 11.3. The van der Waals surface area contributed by atoms with Crippen LogP contribution in [0.15, 0.2) is 47.3 Å². The number of benzene rings is 1. The number of nitrogens with zero attached hydrogens (tertiary/aromatic N) is 1. The molecule has 0 aliphatic carbocycles. The van der Waals surface area contributed by atoms with Gasteiger partial charge in [0, 0.05) is 17.7 Å². The summed E-state index contributed by atoms with van der Waals surface area (Å²) in [4.78, 5) is 23.2. The number of hydrogen-bond donors (Lipinski definition) is 1. The fourth-order valence-electron chi connectivity index (χ4n) is 2.33. The largest absolute Gasteiger partial charge is 0.478 e. The molecule has 2 rings (SSSR count). The summed E-state index contributed by atoms with van der Waals surface area (Å²) in [6, 6.07) is 11.5. The van der Waals surface area contributed by atoms with E-state index >= 15 is 0 Å². The van der Waals surface area contributed by atoms with Gasteiger partial charge >= 0.3 is 5.97 Å². The minimum absolute atomic E-state index is 0.0259. The molecule has 1 aromatic carbocycles. The van der Waals surface area contributed by atoms with Gasteiger partial charge in [-0.3, -0.25) is 4.79 Å². The predicted octanol–water partition coefficient (Wildman–Crippen LogP) is 3.50. The lowest BCUT2D eigenvalue weighted by atomic mass is 10.1. The minimum Gasteiger partial charge on any atom is -0.478 e. The molecular formula is C18H19NO3. The number of carboxylic acids is 1. The zero-order valence-electron chi connectivity index (χ0n) is 12.9. The standard InChI is InChI=1S/C18H19NO3/c1-12(2)19-16(14-6-4-13(3)5-7-14)10-8-15(18(19)22)9-11-17(20)21/h4-12H,1-3H3,(H,20,21)/b11-9+. The molecule has 0 saturated carbocycles. The van der Waals surface area contributed by atoms with Crippen molar-refractivity contribution in [3.63, 3.8) is 0 Å². The smallest absolute Gasteiger partial charge is 0.328 e. The second-order valence-electron chi connectivity index (χ2n) is 5.48. The highest BCUT2D eigenvalue weighted by atomic mass is 16.4. The lowest BCUT2D eigenvalue weighted by Crippen LogP contribution is -2.25. The summed E-state index contributed by atoms with van der Waals surface area (Å²) in [6.45, 7) is 5.88. The maximum atomic E-state index is 12.6. The predicted molar refractivity (Wildman–Crippen MR) is 87.9 cm³/mol. The number of hydrogen-bond acceptors (Lipinski definition) is 2. The molecule has 0 aliphatic rings. The van der Waals surface area contributed by atoms with Crippen LogP contribution in [0, 0.1) is 6.92 Å². The van der Waals surface area contributed by atoms with Crippen molar-refractivity contribution in [2.45, 2.75) is 26.8 Å². The van der Waals surface area contributed by atoms with Crippen LogP contribution < -0.4 is 5.56 Å². The van der Waals surface area contributed by atoms with E-state index in [0.717, 1.165) is 22.9 Å². The average Bonchev–Trinajstić information content (AvgIpc) is 2.46. The monoisotopic (exact) mass is 297 g/mol. The Morgan fingerprint density at radius 3 is 2.32 bits per heavy atom. The maximum absolute atomic E-state index is 12.6. The molecule has 0 radical (unpaired) electrons. The molecule has 4 nitrogen and oxygen atoms in total. The van der Waals surface area contributed by atoms with Crippen LogP contribution in [0.25, 0.3) is 17.3 Å². The van der Waals surface area contributed by atoms with Gasteiger partial charge in [0.05, 0.1) is 5.69 Å². The van der Waals surface area contributed by atoms with Crippen LogP contribution in [-0.4, -0.2) is 15.6 Å². The zero-order valence-corrected chi connectivity index (χ0v) is 12.9. The van der Waals surface area contributed by atoms with Gasteiger partial charge < -0.3 is 9.67 Å². The van der Waals surface area contributed by atoms with E-state index in [9.17, 15) is 9.59 Å². The Kier molecular flexibility index (Phi) is 4.61. The molecule has 114 valence electrons. The number of aryl methyl sites for hydroxylation is 1. The van der Waals surface area contributed by atoms with Gasteiger partial charge in [0.25, 0.3) is 5.56 Å². The van der Waals surface area contributed by atoms with Gasteiger partial charge in [-0.25, -0.2) is 4.79 Å². The summed E-state index contributed by atoms with van der Waals surface area (Å²) in [5, 5.41) is 8.71. The Balaban J connectivity index is 2.61. The van der Waals surface area contributed by atoms with E-state index in [1.807, 2.05) is 51.1 Å². The lowest BCUT2D eigenvalue weighted by molar-refractivity contribution is -0.131. The van der Waals surface area contributed by atoms with Crippen LogP contribution in [-0.2, 0) is 4.79 Å². The van der Waals surface area contributed by atoms with E-state index in [4.69, 9.17) is 5.11 Å². The third-order valence-electron chi connectivity index (χ3n) is 3.42. The first-order valence-electron chi connectivity index (χ1n) is 7.13. The highest BCUT2D eigenvalue weighted by Gasteiger charge is 2.12. The van der Waals surface area contributed by atoms with Crippen molar-refractivity contribution in [2.75, 3.05) is 0 Å². The molecule has 0 fully saturated rings. The molecule has 2 aromatic rings.